The number of furan rings is 1. The van der Waals surface area contributed by atoms with E-state index >= 15 is 0 Å². The summed E-state index contributed by atoms with van der Waals surface area (Å²) >= 11 is 1.50. The minimum atomic E-state index is 0.329. The number of fused-ring (bicyclic) bond motifs is 1. The van der Waals surface area contributed by atoms with E-state index in [1.54, 1.807) is 44.4 Å². The zero-order valence-corrected chi connectivity index (χ0v) is 23.3. The molecule has 0 unspecified atom stereocenters. The molecule has 4 aromatic heterocycles. The topological polar surface area (TPSA) is 118 Å². The van der Waals surface area contributed by atoms with Gasteiger partial charge in [-0.1, -0.05) is 6.07 Å². The Bertz CT molecular complexity index is 1760. The van der Waals surface area contributed by atoms with Crippen molar-refractivity contribution in [1.82, 2.24) is 24.6 Å². The number of methoxy groups -OCH3 is 3. The third-order valence-corrected chi connectivity index (χ3v) is 7.08. The lowest BCUT2D eigenvalue weighted by Gasteiger charge is -2.11. The molecule has 208 valence electrons. The van der Waals surface area contributed by atoms with Gasteiger partial charge in [0.2, 0.25) is 11.8 Å². The molecule has 0 saturated heterocycles. The first kappa shape index (κ1) is 26.1. The average molecular weight is 571 g/mol. The minimum absolute atomic E-state index is 0.329. The van der Waals surface area contributed by atoms with E-state index < -0.39 is 0 Å². The van der Waals surface area contributed by atoms with Crippen LogP contribution in [0, 0.1) is 0 Å². The maximum absolute atomic E-state index is 5.91. The highest BCUT2D eigenvalue weighted by atomic mass is 32.1. The number of aromatic nitrogens is 5. The van der Waals surface area contributed by atoms with Crippen molar-refractivity contribution in [2.45, 2.75) is 13.2 Å². The summed E-state index contributed by atoms with van der Waals surface area (Å²) in [6.07, 6.45) is 3.34. The summed E-state index contributed by atoms with van der Waals surface area (Å²) in [7, 11) is 4.85. The van der Waals surface area contributed by atoms with Gasteiger partial charge >= 0.3 is 0 Å². The number of hydrogen-bond acceptors (Lipinski definition) is 11. The van der Waals surface area contributed by atoms with Crippen molar-refractivity contribution in [3.8, 4) is 45.8 Å². The predicted octanol–water partition coefficient (Wildman–Crippen LogP) is 5.72. The Morgan fingerprint density at radius 1 is 0.927 bits per heavy atom. The first-order valence-electron chi connectivity index (χ1n) is 12.6. The minimum Gasteiger partial charge on any atom is -0.497 e. The summed E-state index contributed by atoms with van der Waals surface area (Å²) in [5.41, 5.74) is 3.03. The second kappa shape index (κ2) is 11.6. The standard InChI is InChI=1S/C29H26N6O5S/c1-36-19-7-9-20(10-8-19)40-16-26-32-22(17-41-26)21-15-31-29(30-14-18-6-11-23(37-2)25(13-18)38-3)35-28(21)33-27(34-35)24-5-4-12-39-24/h4-13,15,17H,14,16H2,1-3H3,(H,30,31). The fraction of sp³-hybridized carbons (Fsp3) is 0.172. The van der Waals surface area contributed by atoms with Crippen LogP contribution in [0.25, 0.3) is 28.5 Å². The van der Waals surface area contributed by atoms with Gasteiger partial charge in [-0.15, -0.1) is 16.4 Å². The third kappa shape index (κ3) is 5.50. The number of rotatable bonds is 11. The van der Waals surface area contributed by atoms with Gasteiger partial charge < -0.3 is 28.7 Å². The Labute approximate surface area is 239 Å². The molecule has 11 nitrogen and oxygen atoms in total. The van der Waals surface area contributed by atoms with Crippen LogP contribution in [-0.2, 0) is 13.2 Å². The van der Waals surface area contributed by atoms with Crippen molar-refractivity contribution in [2.24, 2.45) is 0 Å². The first-order valence-corrected chi connectivity index (χ1v) is 13.5. The van der Waals surface area contributed by atoms with Crippen LogP contribution < -0.4 is 24.3 Å². The maximum Gasteiger partial charge on any atom is 0.226 e. The van der Waals surface area contributed by atoms with Crippen molar-refractivity contribution in [2.75, 3.05) is 26.6 Å². The molecule has 0 aliphatic rings. The fourth-order valence-corrected chi connectivity index (χ4v) is 4.88. The summed E-state index contributed by atoms with van der Waals surface area (Å²) in [4.78, 5) is 14.2. The monoisotopic (exact) mass is 570 g/mol. The Morgan fingerprint density at radius 3 is 2.51 bits per heavy atom. The van der Waals surface area contributed by atoms with E-state index in [4.69, 9.17) is 38.4 Å². The van der Waals surface area contributed by atoms with Gasteiger partial charge in [-0.3, -0.25) is 0 Å². The summed E-state index contributed by atoms with van der Waals surface area (Å²) in [5, 5.41) is 10.8. The lowest BCUT2D eigenvalue weighted by molar-refractivity contribution is 0.305. The summed E-state index contributed by atoms with van der Waals surface area (Å²) < 4.78 is 29.1. The second-order valence-electron chi connectivity index (χ2n) is 8.78. The van der Waals surface area contributed by atoms with Crippen molar-refractivity contribution in [3.05, 3.63) is 83.0 Å². The van der Waals surface area contributed by atoms with E-state index in [1.807, 2.05) is 53.9 Å². The Kier molecular flexibility index (Phi) is 7.37. The van der Waals surface area contributed by atoms with Gasteiger partial charge in [-0.2, -0.15) is 4.52 Å². The van der Waals surface area contributed by atoms with Crippen molar-refractivity contribution >= 4 is 22.9 Å². The largest absolute Gasteiger partial charge is 0.497 e. The molecule has 6 rings (SSSR count). The molecule has 41 heavy (non-hydrogen) atoms. The molecule has 2 aromatic carbocycles. The second-order valence-corrected chi connectivity index (χ2v) is 9.72. The van der Waals surface area contributed by atoms with Crippen LogP contribution in [0.1, 0.15) is 10.6 Å². The molecule has 6 aromatic rings. The summed E-state index contributed by atoms with van der Waals surface area (Å²) in [5.74, 6) is 4.33. The van der Waals surface area contributed by atoms with Crippen LogP contribution in [0.4, 0.5) is 5.95 Å². The number of nitrogens with one attached hydrogen (secondary N) is 1. The molecule has 0 aliphatic heterocycles. The summed E-state index contributed by atoms with van der Waals surface area (Å²) in [6, 6.07) is 16.8. The van der Waals surface area contributed by atoms with Crippen LogP contribution >= 0.6 is 11.3 Å². The zero-order chi connectivity index (χ0) is 28.2. The van der Waals surface area contributed by atoms with Crippen LogP contribution in [0.3, 0.4) is 0 Å². The van der Waals surface area contributed by atoms with Gasteiger partial charge in [0, 0.05) is 18.1 Å². The van der Waals surface area contributed by atoms with Gasteiger partial charge in [0.15, 0.2) is 22.9 Å². The molecular weight excluding hydrogens is 544 g/mol. The molecular formula is C29H26N6O5S. The molecule has 0 fully saturated rings. The number of nitrogens with zero attached hydrogens (tertiary/aromatic N) is 5. The number of thiazole rings is 1. The first-order chi connectivity index (χ1) is 20.1. The number of benzene rings is 2. The Balaban J connectivity index is 1.27. The Morgan fingerprint density at radius 2 is 1.76 bits per heavy atom. The van der Waals surface area contributed by atoms with E-state index in [1.165, 1.54) is 11.3 Å². The number of ether oxygens (including phenoxy) is 4. The van der Waals surface area contributed by atoms with E-state index in [0.29, 0.717) is 47.8 Å². The lowest BCUT2D eigenvalue weighted by atomic mass is 10.2. The number of anilines is 1. The summed E-state index contributed by atoms with van der Waals surface area (Å²) in [6.45, 7) is 0.803. The molecule has 0 spiro atoms. The van der Waals surface area contributed by atoms with Crippen LogP contribution in [0.2, 0.25) is 0 Å². The molecule has 0 amide bonds. The van der Waals surface area contributed by atoms with Crippen LogP contribution in [0.15, 0.2) is 76.9 Å². The van der Waals surface area contributed by atoms with Crippen molar-refractivity contribution in [1.29, 1.82) is 0 Å². The van der Waals surface area contributed by atoms with Gasteiger partial charge in [0.05, 0.1) is 38.8 Å². The average Bonchev–Trinajstić information content (AvgIpc) is 3.80. The van der Waals surface area contributed by atoms with Crippen molar-refractivity contribution < 1.29 is 23.4 Å². The van der Waals surface area contributed by atoms with Gasteiger partial charge in [-0.25, -0.2) is 15.0 Å². The van der Waals surface area contributed by atoms with Gasteiger partial charge in [0.1, 0.15) is 23.1 Å². The molecule has 0 saturated carbocycles. The van der Waals surface area contributed by atoms with E-state index in [0.717, 1.165) is 33.3 Å². The van der Waals surface area contributed by atoms with E-state index in [2.05, 4.69) is 10.3 Å². The molecule has 1 N–H and O–H groups in total. The van der Waals surface area contributed by atoms with Gasteiger partial charge in [0.25, 0.3) is 0 Å². The molecule has 12 heteroatoms. The normalized spacial score (nSPS) is 11.0. The molecule has 0 atom stereocenters. The van der Waals surface area contributed by atoms with Crippen LogP contribution in [0.5, 0.6) is 23.0 Å². The van der Waals surface area contributed by atoms with Crippen molar-refractivity contribution in [3.63, 3.8) is 0 Å². The molecule has 0 bridgehead atoms. The van der Waals surface area contributed by atoms with E-state index in [9.17, 15) is 0 Å². The van der Waals surface area contributed by atoms with E-state index in [-0.39, 0.29) is 0 Å². The van der Waals surface area contributed by atoms with Crippen LogP contribution in [-0.4, -0.2) is 45.9 Å². The smallest absolute Gasteiger partial charge is 0.226 e. The SMILES string of the molecule is COc1ccc(OCc2nc(-c3cnc(NCc4ccc(OC)c(OC)c4)n4nc(-c5ccco5)nc34)cs2)cc1. The quantitative estimate of drug-likeness (QED) is 0.207. The third-order valence-electron chi connectivity index (χ3n) is 6.25. The molecule has 4 heterocycles. The fourth-order valence-electron chi connectivity index (χ4n) is 4.17. The predicted molar refractivity (Wildman–Crippen MR) is 154 cm³/mol. The highest BCUT2D eigenvalue weighted by Gasteiger charge is 2.19. The highest BCUT2D eigenvalue weighted by Crippen LogP contribution is 2.30. The molecule has 0 radical (unpaired) electrons. The highest BCUT2D eigenvalue weighted by molar-refractivity contribution is 7.09. The number of hydrogen-bond donors (Lipinski definition) is 1. The molecule has 0 aliphatic carbocycles. The Hall–Kier alpha value is -5.10. The van der Waals surface area contributed by atoms with Gasteiger partial charge in [-0.05, 0) is 54.1 Å². The lowest BCUT2D eigenvalue weighted by Crippen LogP contribution is -2.08. The zero-order valence-electron chi connectivity index (χ0n) is 22.5. The maximum atomic E-state index is 5.91.